The summed E-state index contributed by atoms with van der Waals surface area (Å²) in [5.74, 6) is -0.893. The van der Waals surface area contributed by atoms with E-state index in [1.165, 1.54) is 0 Å². The lowest BCUT2D eigenvalue weighted by Crippen LogP contribution is -2.06. The monoisotopic (exact) mass is 227 g/mol. The summed E-state index contributed by atoms with van der Waals surface area (Å²) in [5.41, 5.74) is 2.10. The molecule has 0 aliphatic rings. The zero-order valence-electron chi connectivity index (χ0n) is 9.26. The second-order valence-electron chi connectivity index (χ2n) is 3.68. The summed E-state index contributed by atoms with van der Waals surface area (Å²) in [7, 11) is 0. The highest BCUT2D eigenvalue weighted by atomic mass is 16.4. The summed E-state index contributed by atoms with van der Waals surface area (Å²) >= 11 is 0. The molecule has 0 aromatic heterocycles. The van der Waals surface area contributed by atoms with E-state index in [1.807, 2.05) is 42.5 Å². The van der Waals surface area contributed by atoms with Gasteiger partial charge in [-0.1, -0.05) is 36.4 Å². The molecule has 0 radical (unpaired) electrons. The van der Waals surface area contributed by atoms with Crippen LogP contribution in [-0.4, -0.2) is 11.1 Å². The Kier molecular flexibility index (Phi) is 3.40. The maximum absolute atomic E-state index is 11.0. The number of carboxylic acid groups (broad SMARTS) is 1. The highest BCUT2D eigenvalue weighted by Crippen LogP contribution is 2.12. The van der Waals surface area contributed by atoms with E-state index >= 15 is 0 Å². The Balaban J connectivity index is 2.12. The van der Waals surface area contributed by atoms with Crippen molar-refractivity contribution in [2.45, 2.75) is 6.54 Å². The maximum atomic E-state index is 11.0. The van der Waals surface area contributed by atoms with Gasteiger partial charge in [-0.3, -0.25) is 0 Å². The molecule has 2 N–H and O–H groups in total. The number of anilines is 1. The van der Waals surface area contributed by atoms with E-state index in [1.54, 1.807) is 12.1 Å². The SMILES string of the molecule is O=C(O)c1ccccc1CNc1ccccc1. The number of hydrogen-bond donors (Lipinski definition) is 2. The fraction of sp³-hybridized carbons (Fsp3) is 0.0714. The molecule has 17 heavy (non-hydrogen) atoms. The fourth-order valence-corrected chi connectivity index (χ4v) is 1.64. The fourth-order valence-electron chi connectivity index (χ4n) is 1.64. The Bertz CT molecular complexity index is 509. The van der Waals surface area contributed by atoms with E-state index in [2.05, 4.69) is 5.32 Å². The van der Waals surface area contributed by atoms with Gasteiger partial charge >= 0.3 is 5.97 Å². The van der Waals surface area contributed by atoms with Crippen molar-refractivity contribution in [3.63, 3.8) is 0 Å². The quantitative estimate of drug-likeness (QED) is 0.844. The third kappa shape index (κ3) is 2.84. The first kappa shape index (κ1) is 11.2. The Labute approximate surface area is 99.7 Å². The van der Waals surface area contributed by atoms with Gasteiger partial charge in [0.15, 0.2) is 0 Å². The van der Waals surface area contributed by atoms with Crippen LogP contribution in [0.2, 0.25) is 0 Å². The summed E-state index contributed by atoms with van der Waals surface area (Å²) in [6, 6.07) is 16.7. The average molecular weight is 227 g/mol. The molecule has 0 fully saturated rings. The summed E-state index contributed by atoms with van der Waals surface area (Å²) < 4.78 is 0. The van der Waals surface area contributed by atoms with Crippen molar-refractivity contribution >= 4 is 11.7 Å². The summed E-state index contributed by atoms with van der Waals surface area (Å²) in [6.45, 7) is 0.506. The van der Waals surface area contributed by atoms with E-state index in [0.29, 0.717) is 12.1 Å². The second-order valence-corrected chi connectivity index (χ2v) is 3.68. The van der Waals surface area contributed by atoms with Gasteiger partial charge in [0.1, 0.15) is 0 Å². The van der Waals surface area contributed by atoms with Crippen LogP contribution in [0, 0.1) is 0 Å². The molecule has 0 saturated heterocycles. The molecule has 0 spiro atoms. The molecule has 3 nitrogen and oxygen atoms in total. The molecule has 0 heterocycles. The minimum Gasteiger partial charge on any atom is -0.478 e. The molecule has 3 heteroatoms. The standard InChI is InChI=1S/C14H13NO2/c16-14(17)13-9-5-4-6-11(13)10-15-12-7-2-1-3-8-12/h1-9,15H,10H2,(H,16,17). The third-order valence-corrected chi connectivity index (χ3v) is 2.50. The lowest BCUT2D eigenvalue weighted by atomic mass is 10.1. The number of rotatable bonds is 4. The van der Waals surface area contributed by atoms with Gasteiger partial charge in [0, 0.05) is 12.2 Å². The minimum absolute atomic E-state index is 0.343. The Hall–Kier alpha value is -2.29. The lowest BCUT2D eigenvalue weighted by Gasteiger charge is -2.08. The van der Waals surface area contributed by atoms with Crippen molar-refractivity contribution in [3.8, 4) is 0 Å². The normalized spacial score (nSPS) is 9.88. The van der Waals surface area contributed by atoms with Gasteiger partial charge in [0.05, 0.1) is 5.56 Å². The predicted octanol–water partition coefficient (Wildman–Crippen LogP) is 3.00. The second kappa shape index (κ2) is 5.16. The molecule has 2 rings (SSSR count). The smallest absolute Gasteiger partial charge is 0.336 e. The summed E-state index contributed by atoms with van der Waals surface area (Å²) in [6.07, 6.45) is 0. The van der Waals surface area contributed by atoms with Crippen molar-refractivity contribution < 1.29 is 9.90 Å². The molecule has 86 valence electrons. The van der Waals surface area contributed by atoms with Gasteiger partial charge in [0.2, 0.25) is 0 Å². The first-order valence-electron chi connectivity index (χ1n) is 5.37. The van der Waals surface area contributed by atoms with Crippen LogP contribution in [0.3, 0.4) is 0 Å². The van der Waals surface area contributed by atoms with Crippen LogP contribution < -0.4 is 5.32 Å². The van der Waals surface area contributed by atoms with Crippen molar-refractivity contribution in [2.75, 3.05) is 5.32 Å². The number of benzene rings is 2. The molecule has 0 aliphatic heterocycles. The summed E-state index contributed by atoms with van der Waals surface area (Å²) in [4.78, 5) is 11.0. The van der Waals surface area contributed by atoms with E-state index in [0.717, 1.165) is 11.3 Å². The minimum atomic E-state index is -0.893. The van der Waals surface area contributed by atoms with Gasteiger partial charge in [-0.25, -0.2) is 4.79 Å². The number of carbonyl (C=O) groups is 1. The molecule has 0 unspecified atom stereocenters. The van der Waals surface area contributed by atoms with Crippen LogP contribution >= 0.6 is 0 Å². The number of para-hydroxylation sites is 1. The number of aromatic carboxylic acids is 1. The molecule has 2 aromatic rings. The Morgan fingerprint density at radius 1 is 1.00 bits per heavy atom. The molecular formula is C14H13NO2. The lowest BCUT2D eigenvalue weighted by molar-refractivity contribution is 0.0696. The van der Waals surface area contributed by atoms with Crippen molar-refractivity contribution in [2.24, 2.45) is 0 Å². The molecule has 0 bridgehead atoms. The number of nitrogens with one attached hydrogen (secondary N) is 1. The van der Waals surface area contributed by atoms with Crippen molar-refractivity contribution in [1.29, 1.82) is 0 Å². The first-order chi connectivity index (χ1) is 8.27. The van der Waals surface area contributed by atoms with Gasteiger partial charge in [0.25, 0.3) is 0 Å². The highest BCUT2D eigenvalue weighted by Gasteiger charge is 2.07. The summed E-state index contributed by atoms with van der Waals surface area (Å²) in [5, 5.41) is 12.2. The van der Waals surface area contributed by atoms with Gasteiger partial charge in [-0.05, 0) is 23.8 Å². The van der Waals surface area contributed by atoms with Crippen molar-refractivity contribution in [3.05, 3.63) is 65.7 Å². The topological polar surface area (TPSA) is 49.3 Å². The predicted molar refractivity (Wildman–Crippen MR) is 67.2 cm³/mol. The van der Waals surface area contributed by atoms with Crippen LogP contribution in [0.5, 0.6) is 0 Å². The Morgan fingerprint density at radius 2 is 1.65 bits per heavy atom. The molecule has 0 atom stereocenters. The largest absolute Gasteiger partial charge is 0.478 e. The molecule has 0 aliphatic carbocycles. The average Bonchev–Trinajstić information content (AvgIpc) is 2.38. The van der Waals surface area contributed by atoms with E-state index in [4.69, 9.17) is 5.11 Å². The van der Waals surface area contributed by atoms with Crippen molar-refractivity contribution in [1.82, 2.24) is 0 Å². The zero-order chi connectivity index (χ0) is 12.1. The molecule has 0 saturated carbocycles. The first-order valence-corrected chi connectivity index (χ1v) is 5.37. The maximum Gasteiger partial charge on any atom is 0.336 e. The van der Waals surface area contributed by atoms with Gasteiger partial charge in [-0.2, -0.15) is 0 Å². The number of carboxylic acids is 1. The van der Waals surface area contributed by atoms with E-state index in [9.17, 15) is 4.79 Å². The van der Waals surface area contributed by atoms with Crippen LogP contribution in [0.15, 0.2) is 54.6 Å². The van der Waals surface area contributed by atoms with Crippen LogP contribution in [0.4, 0.5) is 5.69 Å². The number of hydrogen-bond acceptors (Lipinski definition) is 2. The molecule has 2 aromatic carbocycles. The Morgan fingerprint density at radius 3 is 2.35 bits per heavy atom. The van der Waals surface area contributed by atoms with Gasteiger partial charge < -0.3 is 10.4 Å². The van der Waals surface area contributed by atoms with Gasteiger partial charge in [-0.15, -0.1) is 0 Å². The van der Waals surface area contributed by atoms with E-state index in [-0.39, 0.29) is 0 Å². The van der Waals surface area contributed by atoms with Crippen LogP contribution in [-0.2, 0) is 6.54 Å². The molecular weight excluding hydrogens is 214 g/mol. The highest BCUT2D eigenvalue weighted by molar-refractivity contribution is 5.89. The van der Waals surface area contributed by atoms with Crippen LogP contribution in [0.1, 0.15) is 15.9 Å². The van der Waals surface area contributed by atoms with E-state index < -0.39 is 5.97 Å². The molecule has 0 amide bonds. The van der Waals surface area contributed by atoms with Crippen LogP contribution in [0.25, 0.3) is 0 Å². The third-order valence-electron chi connectivity index (χ3n) is 2.50. The zero-order valence-corrected chi connectivity index (χ0v) is 9.26.